The maximum absolute atomic E-state index is 11.8. The van der Waals surface area contributed by atoms with E-state index in [-0.39, 0.29) is 22.8 Å². The van der Waals surface area contributed by atoms with Crippen LogP contribution in [0.2, 0.25) is 0 Å². The Labute approximate surface area is 99.3 Å². The lowest BCUT2D eigenvalue weighted by molar-refractivity contribution is 0.0689. The second-order valence-corrected chi connectivity index (χ2v) is 4.88. The van der Waals surface area contributed by atoms with Crippen molar-refractivity contribution in [1.82, 2.24) is 4.72 Å². The number of aromatic carboxylic acids is 1. The minimum atomic E-state index is -3.83. The van der Waals surface area contributed by atoms with Gasteiger partial charge in [0.05, 0.1) is 7.11 Å². The summed E-state index contributed by atoms with van der Waals surface area (Å²) in [7, 11) is -2.55. The molecule has 0 bridgehead atoms. The molecular weight excluding hydrogens is 246 g/mol. The largest absolute Gasteiger partial charge is 0.496 e. The summed E-state index contributed by atoms with van der Waals surface area (Å²) >= 11 is 0. The number of ether oxygens (including phenoxy) is 1. The van der Waals surface area contributed by atoms with Crippen molar-refractivity contribution >= 4 is 16.0 Å². The number of hydrogen-bond acceptors (Lipinski definition) is 4. The summed E-state index contributed by atoms with van der Waals surface area (Å²) in [5.41, 5.74) is -0.365. The number of sulfonamides is 1. The zero-order chi connectivity index (χ0) is 13.1. The summed E-state index contributed by atoms with van der Waals surface area (Å²) in [5.74, 6) is -1.34. The summed E-state index contributed by atoms with van der Waals surface area (Å²) in [6, 6.07) is 4.05. The minimum Gasteiger partial charge on any atom is -0.496 e. The van der Waals surface area contributed by atoms with E-state index in [1.54, 1.807) is 6.92 Å². The standard InChI is InChI=1S/C10H13NO5S/c1-3-11-17(14,15)8-6-4-5-7(16-2)9(8)10(12)13/h4-6,11H,3H2,1-2H3,(H,12,13). The zero-order valence-electron chi connectivity index (χ0n) is 9.43. The van der Waals surface area contributed by atoms with Crippen LogP contribution in [0, 0.1) is 0 Å². The van der Waals surface area contributed by atoms with Crippen LogP contribution in [0.15, 0.2) is 23.1 Å². The van der Waals surface area contributed by atoms with E-state index in [0.29, 0.717) is 0 Å². The molecule has 0 saturated carbocycles. The molecule has 0 unspecified atom stereocenters. The lowest BCUT2D eigenvalue weighted by atomic mass is 10.2. The average molecular weight is 259 g/mol. The fourth-order valence-electron chi connectivity index (χ4n) is 1.38. The number of carbonyl (C=O) groups is 1. The van der Waals surface area contributed by atoms with Gasteiger partial charge < -0.3 is 9.84 Å². The van der Waals surface area contributed by atoms with Crippen molar-refractivity contribution in [2.45, 2.75) is 11.8 Å². The summed E-state index contributed by atoms with van der Waals surface area (Å²) in [6.45, 7) is 1.79. The highest BCUT2D eigenvalue weighted by Gasteiger charge is 2.24. The van der Waals surface area contributed by atoms with E-state index in [0.717, 1.165) is 0 Å². The van der Waals surface area contributed by atoms with Crippen molar-refractivity contribution in [2.75, 3.05) is 13.7 Å². The molecule has 1 aromatic carbocycles. The van der Waals surface area contributed by atoms with Gasteiger partial charge in [-0.3, -0.25) is 0 Å². The first-order valence-electron chi connectivity index (χ1n) is 4.84. The molecule has 0 fully saturated rings. The molecule has 0 aliphatic rings. The number of methoxy groups -OCH3 is 1. The van der Waals surface area contributed by atoms with Crippen LogP contribution in [0.3, 0.4) is 0 Å². The van der Waals surface area contributed by atoms with Crippen LogP contribution >= 0.6 is 0 Å². The van der Waals surface area contributed by atoms with Crippen LogP contribution in [0.1, 0.15) is 17.3 Å². The Morgan fingerprint density at radius 1 is 1.47 bits per heavy atom. The first-order chi connectivity index (χ1) is 7.94. The van der Waals surface area contributed by atoms with Gasteiger partial charge in [-0.25, -0.2) is 17.9 Å². The summed E-state index contributed by atoms with van der Waals surface area (Å²) < 4.78 is 30.7. The van der Waals surface area contributed by atoms with Crippen molar-refractivity contribution in [3.63, 3.8) is 0 Å². The van der Waals surface area contributed by atoms with Crippen LogP contribution in [0.4, 0.5) is 0 Å². The molecule has 1 aromatic rings. The van der Waals surface area contributed by atoms with Gasteiger partial charge in [0.25, 0.3) is 0 Å². The Hall–Kier alpha value is -1.60. The number of hydrogen-bond donors (Lipinski definition) is 2. The van der Waals surface area contributed by atoms with Gasteiger partial charge in [-0.15, -0.1) is 0 Å². The topological polar surface area (TPSA) is 92.7 Å². The molecule has 17 heavy (non-hydrogen) atoms. The highest BCUT2D eigenvalue weighted by molar-refractivity contribution is 7.89. The molecule has 0 atom stereocenters. The second-order valence-electron chi connectivity index (χ2n) is 3.14. The van der Waals surface area contributed by atoms with Gasteiger partial charge in [-0.1, -0.05) is 13.0 Å². The number of benzene rings is 1. The second kappa shape index (κ2) is 5.15. The highest BCUT2D eigenvalue weighted by atomic mass is 32.2. The molecule has 7 heteroatoms. The van der Waals surface area contributed by atoms with Gasteiger partial charge in [0, 0.05) is 6.54 Å². The van der Waals surface area contributed by atoms with Gasteiger partial charge in [0.1, 0.15) is 16.2 Å². The van der Waals surface area contributed by atoms with Crippen molar-refractivity contribution < 1.29 is 23.1 Å². The summed E-state index contributed by atoms with van der Waals surface area (Å²) in [5, 5.41) is 9.04. The molecule has 1 rings (SSSR count). The van der Waals surface area contributed by atoms with Crippen LogP contribution in [-0.4, -0.2) is 33.1 Å². The van der Waals surface area contributed by atoms with E-state index in [1.165, 1.54) is 25.3 Å². The first kappa shape index (κ1) is 13.5. The number of carboxylic acid groups (broad SMARTS) is 1. The minimum absolute atomic E-state index is 0.0106. The van der Waals surface area contributed by atoms with Crippen LogP contribution < -0.4 is 9.46 Å². The molecule has 2 N–H and O–H groups in total. The third kappa shape index (κ3) is 2.75. The normalized spacial score (nSPS) is 11.2. The summed E-state index contributed by atoms with van der Waals surface area (Å²) in [4.78, 5) is 10.8. The molecule has 6 nitrogen and oxygen atoms in total. The Balaban J connectivity index is 3.49. The summed E-state index contributed by atoms with van der Waals surface area (Å²) in [6.07, 6.45) is 0. The molecule has 0 aliphatic carbocycles. The molecule has 0 amide bonds. The van der Waals surface area contributed by atoms with Crippen molar-refractivity contribution in [3.8, 4) is 5.75 Å². The Kier molecular flexibility index (Phi) is 4.08. The van der Waals surface area contributed by atoms with Crippen molar-refractivity contribution in [2.24, 2.45) is 0 Å². The van der Waals surface area contributed by atoms with Crippen LogP contribution in [0.25, 0.3) is 0 Å². The SMILES string of the molecule is CCNS(=O)(=O)c1cccc(OC)c1C(=O)O. The maximum Gasteiger partial charge on any atom is 0.340 e. The van der Waals surface area contributed by atoms with Crippen LogP contribution in [-0.2, 0) is 10.0 Å². The van der Waals surface area contributed by atoms with Crippen molar-refractivity contribution in [1.29, 1.82) is 0 Å². The third-order valence-electron chi connectivity index (χ3n) is 2.05. The van der Waals surface area contributed by atoms with Gasteiger partial charge in [-0.05, 0) is 12.1 Å². The van der Waals surface area contributed by atoms with E-state index in [2.05, 4.69) is 4.72 Å². The third-order valence-corrected chi connectivity index (χ3v) is 3.63. The Morgan fingerprint density at radius 2 is 2.12 bits per heavy atom. The van der Waals surface area contributed by atoms with Crippen LogP contribution in [0.5, 0.6) is 5.75 Å². The van der Waals surface area contributed by atoms with Gasteiger partial charge >= 0.3 is 5.97 Å². The molecule has 0 heterocycles. The smallest absolute Gasteiger partial charge is 0.340 e. The van der Waals surface area contributed by atoms with E-state index in [9.17, 15) is 13.2 Å². The van der Waals surface area contributed by atoms with E-state index < -0.39 is 16.0 Å². The fraction of sp³-hybridized carbons (Fsp3) is 0.300. The average Bonchev–Trinajstić information content (AvgIpc) is 2.27. The predicted molar refractivity (Wildman–Crippen MR) is 60.8 cm³/mol. The zero-order valence-corrected chi connectivity index (χ0v) is 10.2. The van der Waals surface area contributed by atoms with Gasteiger partial charge in [0.2, 0.25) is 10.0 Å². The lowest BCUT2D eigenvalue weighted by Crippen LogP contribution is -2.25. The first-order valence-corrected chi connectivity index (χ1v) is 6.32. The monoisotopic (exact) mass is 259 g/mol. The molecule has 0 saturated heterocycles. The quantitative estimate of drug-likeness (QED) is 0.811. The Morgan fingerprint density at radius 3 is 2.59 bits per heavy atom. The molecule has 0 spiro atoms. The maximum atomic E-state index is 11.8. The molecule has 0 aliphatic heterocycles. The lowest BCUT2D eigenvalue weighted by Gasteiger charge is -2.11. The van der Waals surface area contributed by atoms with E-state index in [4.69, 9.17) is 9.84 Å². The van der Waals surface area contributed by atoms with Gasteiger partial charge in [0.15, 0.2) is 0 Å². The number of carboxylic acids is 1. The van der Waals surface area contributed by atoms with E-state index >= 15 is 0 Å². The fourth-order valence-corrected chi connectivity index (χ4v) is 2.63. The highest BCUT2D eigenvalue weighted by Crippen LogP contribution is 2.25. The number of nitrogens with one attached hydrogen (secondary N) is 1. The molecule has 94 valence electrons. The molecule has 0 aromatic heterocycles. The number of rotatable bonds is 5. The van der Waals surface area contributed by atoms with Crippen molar-refractivity contribution in [3.05, 3.63) is 23.8 Å². The molecule has 0 radical (unpaired) electrons. The van der Waals surface area contributed by atoms with E-state index in [1.807, 2.05) is 0 Å². The Bertz CT molecular complexity index is 523. The predicted octanol–water partition coefficient (Wildman–Crippen LogP) is 0.692. The van der Waals surface area contributed by atoms with Gasteiger partial charge in [-0.2, -0.15) is 0 Å². The molecular formula is C10H13NO5S.